The van der Waals surface area contributed by atoms with Gasteiger partial charge in [0.15, 0.2) is 0 Å². The highest BCUT2D eigenvalue weighted by molar-refractivity contribution is 5.89. The molecule has 0 aromatic heterocycles. The van der Waals surface area contributed by atoms with Gasteiger partial charge in [0.05, 0.1) is 0 Å². The number of nitrogens with one attached hydrogen (secondary N) is 1. The van der Waals surface area contributed by atoms with Crippen molar-refractivity contribution in [2.24, 2.45) is 0 Å². The third kappa shape index (κ3) is 5.07. The van der Waals surface area contributed by atoms with E-state index in [0.29, 0.717) is 11.4 Å². The number of benzene rings is 1. The quantitative estimate of drug-likeness (QED) is 0.696. The second kappa shape index (κ2) is 6.39. The summed E-state index contributed by atoms with van der Waals surface area (Å²) in [5.74, 6) is -2.46. The van der Waals surface area contributed by atoms with Gasteiger partial charge in [0.25, 0.3) is 0 Å². The highest BCUT2D eigenvalue weighted by Crippen LogP contribution is 2.17. The van der Waals surface area contributed by atoms with Gasteiger partial charge in [-0.2, -0.15) is 0 Å². The van der Waals surface area contributed by atoms with Gasteiger partial charge in [-0.05, 0) is 24.3 Å². The summed E-state index contributed by atoms with van der Waals surface area (Å²) in [6, 6.07) is 6.26. The van der Waals surface area contributed by atoms with E-state index in [0.717, 1.165) is 0 Å². The average Bonchev–Trinajstić information content (AvgIpc) is 2.27. The molecule has 0 aliphatic carbocycles. The number of carbonyl (C=O) groups excluding carboxylic acids is 1. The van der Waals surface area contributed by atoms with E-state index in [1.54, 1.807) is 24.3 Å². The third-order valence-electron chi connectivity index (χ3n) is 2.21. The first kappa shape index (κ1) is 14.5. The lowest BCUT2D eigenvalue weighted by Crippen LogP contribution is -2.34. The SMILES string of the molecule is CC(=O)Nc1ccc(N(CC(=O)O)CC(=O)O)cc1. The number of aliphatic carboxylic acids is 2. The van der Waals surface area contributed by atoms with E-state index >= 15 is 0 Å². The summed E-state index contributed by atoms with van der Waals surface area (Å²) in [5, 5.41) is 20.0. The lowest BCUT2D eigenvalue weighted by Gasteiger charge is -2.20. The molecular weight excluding hydrogens is 252 g/mol. The predicted octanol–water partition coefficient (Wildman–Crippen LogP) is 0.621. The molecule has 7 nitrogen and oxygen atoms in total. The molecule has 0 saturated heterocycles. The number of carboxylic acid groups (broad SMARTS) is 2. The molecule has 0 bridgehead atoms. The number of hydrogen-bond acceptors (Lipinski definition) is 4. The molecular formula is C12H14N2O5. The highest BCUT2D eigenvalue weighted by atomic mass is 16.4. The molecule has 19 heavy (non-hydrogen) atoms. The molecule has 0 atom stereocenters. The molecule has 3 N–H and O–H groups in total. The Morgan fingerprint density at radius 2 is 1.53 bits per heavy atom. The van der Waals surface area contributed by atoms with Crippen molar-refractivity contribution < 1.29 is 24.6 Å². The number of anilines is 2. The first-order valence-corrected chi connectivity index (χ1v) is 5.44. The molecule has 1 aromatic carbocycles. The van der Waals surface area contributed by atoms with E-state index in [-0.39, 0.29) is 5.91 Å². The van der Waals surface area contributed by atoms with Crippen LogP contribution in [0, 0.1) is 0 Å². The van der Waals surface area contributed by atoms with Crippen molar-refractivity contribution >= 4 is 29.2 Å². The van der Waals surface area contributed by atoms with Crippen LogP contribution in [0.25, 0.3) is 0 Å². The fraction of sp³-hybridized carbons (Fsp3) is 0.250. The first-order chi connectivity index (χ1) is 8.88. The normalized spacial score (nSPS) is 9.74. The van der Waals surface area contributed by atoms with Crippen LogP contribution in [0.1, 0.15) is 6.92 Å². The maximum atomic E-state index is 10.8. The minimum absolute atomic E-state index is 0.222. The van der Waals surface area contributed by atoms with Crippen LogP contribution in [0.4, 0.5) is 11.4 Å². The van der Waals surface area contributed by atoms with Gasteiger partial charge in [-0.25, -0.2) is 0 Å². The molecule has 0 radical (unpaired) electrons. The number of carboxylic acids is 2. The number of hydrogen-bond donors (Lipinski definition) is 3. The van der Waals surface area contributed by atoms with Crippen molar-refractivity contribution in [2.75, 3.05) is 23.3 Å². The molecule has 0 unspecified atom stereocenters. The van der Waals surface area contributed by atoms with E-state index in [4.69, 9.17) is 10.2 Å². The summed E-state index contributed by atoms with van der Waals surface area (Å²) < 4.78 is 0. The van der Waals surface area contributed by atoms with Gasteiger partial charge in [0.1, 0.15) is 13.1 Å². The van der Waals surface area contributed by atoms with Crippen LogP contribution in [-0.2, 0) is 14.4 Å². The van der Waals surface area contributed by atoms with Crippen LogP contribution < -0.4 is 10.2 Å². The lowest BCUT2D eigenvalue weighted by atomic mass is 10.2. The largest absolute Gasteiger partial charge is 0.480 e. The fourth-order valence-electron chi connectivity index (χ4n) is 1.52. The van der Waals surface area contributed by atoms with Crippen molar-refractivity contribution in [2.45, 2.75) is 6.92 Å². The molecule has 0 aliphatic rings. The van der Waals surface area contributed by atoms with Crippen molar-refractivity contribution in [1.29, 1.82) is 0 Å². The van der Waals surface area contributed by atoms with Crippen molar-refractivity contribution in [3.63, 3.8) is 0 Å². The summed E-state index contributed by atoms with van der Waals surface area (Å²) in [6.45, 7) is 0.548. The maximum absolute atomic E-state index is 10.8. The maximum Gasteiger partial charge on any atom is 0.323 e. The Morgan fingerprint density at radius 1 is 1.05 bits per heavy atom. The Balaban J connectivity index is 2.86. The summed E-state index contributed by atoms with van der Waals surface area (Å²) in [6.07, 6.45) is 0. The number of nitrogens with zero attached hydrogens (tertiary/aromatic N) is 1. The lowest BCUT2D eigenvalue weighted by molar-refractivity contribution is -0.136. The minimum atomic E-state index is -1.12. The Bertz CT molecular complexity index is 467. The van der Waals surface area contributed by atoms with Gasteiger partial charge in [-0.3, -0.25) is 14.4 Å². The Morgan fingerprint density at radius 3 is 1.89 bits per heavy atom. The zero-order valence-corrected chi connectivity index (χ0v) is 10.3. The fourth-order valence-corrected chi connectivity index (χ4v) is 1.52. The number of rotatable bonds is 6. The zero-order valence-electron chi connectivity index (χ0n) is 10.3. The second-order valence-electron chi connectivity index (χ2n) is 3.87. The smallest absolute Gasteiger partial charge is 0.323 e. The van der Waals surface area contributed by atoms with Gasteiger partial charge >= 0.3 is 11.9 Å². The van der Waals surface area contributed by atoms with Crippen molar-refractivity contribution in [3.8, 4) is 0 Å². The summed E-state index contributed by atoms with van der Waals surface area (Å²) in [4.78, 5) is 33.4. The first-order valence-electron chi connectivity index (χ1n) is 5.44. The molecule has 1 amide bonds. The second-order valence-corrected chi connectivity index (χ2v) is 3.87. The molecule has 0 aliphatic heterocycles. The van der Waals surface area contributed by atoms with Gasteiger partial charge in [-0.15, -0.1) is 0 Å². The molecule has 0 fully saturated rings. The van der Waals surface area contributed by atoms with Crippen LogP contribution >= 0.6 is 0 Å². The average molecular weight is 266 g/mol. The standard InChI is InChI=1S/C12H14N2O5/c1-8(15)13-9-2-4-10(5-3-9)14(6-11(16)17)7-12(18)19/h2-5H,6-7H2,1H3,(H,13,15)(H,16,17)(H,18,19). The summed E-state index contributed by atoms with van der Waals surface area (Å²) in [7, 11) is 0. The van der Waals surface area contributed by atoms with Crippen LogP contribution in [0.5, 0.6) is 0 Å². The van der Waals surface area contributed by atoms with Crippen LogP contribution in [-0.4, -0.2) is 41.1 Å². The van der Waals surface area contributed by atoms with E-state index in [2.05, 4.69) is 5.32 Å². The number of amides is 1. The number of carbonyl (C=O) groups is 3. The minimum Gasteiger partial charge on any atom is -0.480 e. The Labute approximate surface area is 109 Å². The molecule has 7 heteroatoms. The Hall–Kier alpha value is -2.57. The van der Waals surface area contributed by atoms with Crippen molar-refractivity contribution in [1.82, 2.24) is 0 Å². The van der Waals surface area contributed by atoms with E-state index in [1.165, 1.54) is 11.8 Å². The van der Waals surface area contributed by atoms with Gasteiger partial charge in [0.2, 0.25) is 5.91 Å². The predicted molar refractivity (Wildman–Crippen MR) is 68.2 cm³/mol. The zero-order chi connectivity index (χ0) is 14.4. The van der Waals surface area contributed by atoms with E-state index in [9.17, 15) is 14.4 Å². The molecule has 1 rings (SSSR count). The molecule has 1 aromatic rings. The molecule has 102 valence electrons. The summed E-state index contributed by atoms with van der Waals surface area (Å²) >= 11 is 0. The summed E-state index contributed by atoms with van der Waals surface area (Å²) in [5.41, 5.74) is 1.01. The van der Waals surface area contributed by atoms with Gasteiger partial charge < -0.3 is 20.4 Å². The molecule has 0 spiro atoms. The van der Waals surface area contributed by atoms with Crippen LogP contribution in [0.3, 0.4) is 0 Å². The topological polar surface area (TPSA) is 107 Å². The third-order valence-corrected chi connectivity index (χ3v) is 2.21. The highest BCUT2D eigenvalue weighted by Gasteiger charge is 2.14. The van der Waals surface area contributed by atoms with Crippen LogP contribution in [0.15, 0.2) is 24.3 Å². The van der Waals surface area contributed by atoms with E-state index < -0.39 is 25.0 Å². The Kier molecular flexibility index (Phi) is 4.87. The molecule has 0 saturated carbocycles. The van der Waals surface area contributed by atoms with Gasteiger partial charge in [-0.1, -0.05) is 0 Å². The van der Waals surface area contributed by atoms with Crippen molar-refractivity contribution in [3.05, 3.63) is 24.3 Å². The van der Waals surface area contributed by atoms with Gasteiger partial charge in [0, 0.05) is 18.3 Å². The van der Waals surface area contributed by atoms with Crippen LogP contribution in [0.2, 0.25) is 0 Å². The monoisotopic (exact) mass is 266 g/mol. The van der Waals surface area contributed by atoms with E-state index in [1.807, 2.05) is 0 Å². The molecule has 0 heterocycles.